The number of benzene rings is 1. The lowest BCUT2D eigenvalue weighted by molar-refractivity contribution is -0.137. The molecule has 1 aromatic carbocycles. The maximum absolute atomic E-state index is 12.7. The first-order valence-corrected chi connectivity index (χ1v) is 10.6. The molecule has 1 saturated carbocycles. The van der Waals surface area contributed by atoms with Crippen LogP contribution < -0.4 is 0 Å². The third-order valence-electron chi connectivity index (χ3n) is 4.36. The molecule has 0 saturated heterocycles. The van der Waals surface area contributed by atoms with Crippen LogP contribution >= 0.6 is 23.1 Å². The third-order valence-corrected chi connectivity index (χ3v) is 6.30. The minimum atomic E-state index is -4.33. The second kappa shape index (κ2) is 7.71. The van der Waals surface area contributed by atoms with Crippen LogP contribution in [0, 0.1) is 0 Å². The van der Waals surface area contributed by atoms with Crippen LogP contribution in [0.4, 0.5) is 13.2 Å². The van der Waals surface area contributed by atoms with Gasteiger partial charge in [0.15, 0.2) is 5.16 Å². The highest BCUT2D eigenvalue weighted by Crippen LogP contribution is 2.40. The van der Waals surface area contributed by atoms with E-state index in [1.807, 2.05) is 11.5 Å². The average molecular weight is 423 g/mol. The second-order valence-corrected chi connectivity index (χ2v) is 8.32. The van der Waals surface area contributed by atoms with E-state index in [4.69, 9.17) is 0 Å². The van der Waals surface area contributed by atoms with Crippen LogP contribution in [0.3, 0.4) is 0 Å². The van der Waals surface area contributed by atoms with Gasteiger partial charge in [-0.15, -0.1) is 28.1 Å². The predicted molar refractivity (Wildman–Crippen MR) is 104 cm³/mol. The molecule has 2 aromatic heterocycles. The van der Waals surface area contributed by atoms with Crippen LogP contribution in [-0.4, -0.2) is 19.7 Å². The van der Waals surface area contributed by atoms with Crippen LogP contribution in [0.25, 0.3) is 10.6 Å². The van der Waals surface area contributed by atoms with E-state index in [9.17, 15) is 13.2 Å². The second-order valence-electron chi connectivity index (χ2n) is 6.52. The maximum Gasteiger partial charge on any atom is 0.416 e. The number of hydrogen-bond acceptors (Lipinski definition) is 5. The largest absolute Gasteiger partial charge is 0.416 e. The van der Waals surface area contributed by atoms with Crippen molar-refractivity contribution in [2.24, 2.45) is 0 Å². The van der Waals surface area contributed by atoms with Crippen molar-refractivity contribution >= 4 is 23.1 Å². The zero-order chi connectivity index (χ0) is 19.7. The summed E-state index contributed by atoms with van der Waals surface area (Å²) in [6.45, 7) is 4.48. The molecule has 1 aliphatic rings. The molecule has 0 unspecified atom stereocenters. The Balaban J connectivity index is 1.45. The monoisotopic (exact) mass is 422 g/mol. The summed E-state index contributed by atoms with van der Waals surface area (Å²) >= 11 is 2.98. The Hall–Kier alpha value is -2.13. The summed E-state index contributed by atoms with van der Waals surface area (Å²) in [5, 5.41) is 12.1. The lowest BCUT2D eigenvalue weighted by Crippen LogP contribution is -2.03. The molecule has 2 heterocycles. The van der Waals surface area contributed by atoms with Gasteiger partial charge in [-0.3, -0.25) is 0 Å². The molecule has 1 fully saturated rings. The molecule has 1 aliphatic carbocycles. The first-order chi connectivity index (χ1) is 13.5. The van der Waals surface area contributed by atoms with Gasteiger partial charge in [-0.05, 0) is 25.0 Å². The fourth-order valence-electron chi connectivity index (χ4n) is 2.80. The van der Waals surface area contributed by atoms with E-state index >= 15 is 0 Å². The summed E-state index contributed by atoms with van der Waals surface area (Å²) in [6, 6.07) is 5.09. The number of hydrogen-bond donors (Lipinski definition) is 0. The Morgan fingerprint density at radius 1 is 1.21 bits per heavy atom. The van der Waals surface area contributed by atoms with E-state index in [0.717, 1.165) is 41.6 Å². The van der Waals surface area contributed by atoms with Gasteiger partial charge in [0.05, 0.1) is 11.3 Å². The molecule has 9 heteroatoms. The van der Waals surface area contributed by atoms with Crippen molar-refractivity contribution in [3.05, 3.63) is 59.4 Å². The molecule has 0 aliphatic heterocycles. The lowest BCUT2D eigenvalue weighted by atomic mass is 10.1. The Morgan fingerprint density at radius 3 is 2.61 bits per heavy atom. The summed E-state index contributed by atoms with van der Waals surface area (Å²) in [4.78, 5) is 4.56. The lowest BCUT2D eigenvalue weighted by Gasteiger charge is -2.06. The van der Waals surface area contributed by atoms with Crippen molar-refractivity contribution in [2.75, 3.05) is 0 Å². The van der Waals surface area contributed by atoms with Crippen LogP contribution in [0.2, 0.25) is 0 Å². The molecule has 3 aromatic rings. The van der Waals surface area contributed by atoms with E-state index in [2.05, 4.69) is 26.3 Å². The molecule has 146 valence electrons. The van der Waals surface area contributed by atoms with Gasteiger partial charge in [0.25, 0.3) is 0 Å². The molecular formula is C19H17F3N4S2. The molecule has 0 atom stereocenters. The van der Waals surface area contributed by atoms with E-state index in [0.29, 0.717) is 28.8 Å². The fourth-order valence-corrected chi connectivity index (χ4v) is 4.58. The van der Waals surface area contributed by atoms with Crippen LogP contribution in [0.1, 0.15) is 35.8 Å². The number of thioether (sulfide) groups is 1. The first-order valence-electron chi connectivity index (χ1n) is 8.74. The Morgan fingerprint density at radius 2 is 1.96 bits per heavy atom. The van der Waals surface area contributed by atoms with Gasteiger partial charge >= 0.3 is 6.18 Å². The molecule has 4 nitrogen and oxygen atoms in total. The Kier molecular flexibility index (Phi) is 5.29. The molecule has 28 heavy (non-hydrogen) atoms. The number of aromatic nitrogens is 4. The van der Waals surface area contributed by atoms with Gasteiger partial charge in [0, 0.05) is 29.2 Å². The van der Waals surface area contributed by atoms with Crippen molar-refractivity contribution in [3.63, 3.8) is 0 Å². The van der Waals surface area contributed by atoms with E-state index in [1.54, 1.807) is 11.8 Å². The minimum Gasteiger partial charge on any atom is -0.302 e. The third kappa shape index (κ3) is 4.15. The normalized spacial score (nSPS) is 14.4. The predicted octanol–water partition coefficient (Wildman–Crippen LogP) is 5.78. The van der Waals surface area contributed by atoms with Crippen molar-refractivity contribution < 1.29 is 13.2 Å². The number of nitrogens with zero attached hydrogens (tertiary/aromatic N) is 4. The minimum absolute atomic E-state index is 0.507. The quantitative estimate of drug-likeness (QED) is 0.358. The molecule has 0 amide bonds. The molecule has 4 rings (SSSR count). The highest BCUT2D eigenvalue weighted by atomic mass is 32.2. The van der Waals surface area contributed by atoms with Crippen molar-refractivity contribution in [3.8, 4) is 10.6 Å². The van der Waals surface area contributed by atoms with Gasteiger partial charge in [0.1, 0.15) is 10.8 Å². The molecule has 0 N–H and O–H groups in total. The highest BCUT2D eigenvalue weighted by Gasteiger charge is 2.31. The SMILES string of the molecule is C=CCn1c(SCc2csc(-c3ccc(C(F)(F)F)cc3)n2)nnc1C1CC1. The van der Waals surface area contributed by atoms with Gasteiger partial charge in [-0.25, -0.2) is 4.98 Å². The topological polar surface area (TPSA) is 43.6 Å². The van der Waals surface area contributed by atoms with Gasteiger partial charge < -0.3 is 4.57 Å². The number of alkyl halides is 3. The molecule has 0 spiro atoms. The van der Waals surface area contributed by atoms with E-state index in [1.165, 1.54) is 23.5 Å². The standard InChI is InChI=1S/C19H17F3N4S2/c1-2-9-26-16(12-3-4-12)24-25-18(26)28-11-15-10-27-17(23-15)13-5-7-14(8-6-13)19(20,21)22/h2,5-8,10,12H,1,3-4,9,11H2. The first kappa shape index (κ1) is 19.2. The summed E-state index contributed by atoms with van der Waals surface area (Å²) in [7, 11) is 0. The molecule has 0 bridgehead atoms. The van der Waals surface area contributed by atoms with Crippen molar-refractivity contribution in [2.45, 2.75) is 42.4 Å². The smallest absolute Gasteiger partial charge is 0.302 e. The van der Waals surface area contributed by atoms with Gasteiger partial charge in [0.2, 0.25) is 0 Å². The van der Waals surface area contributed by atoms with Crippen LogP contribution in [0.5, 0.6) is 0 Å². The molecular weight excluding hydrogens is 405 g/mol. The summed E-state index contributed by atoms with van der Waals surface area (Å²) in [6.07, 6.45) is -0.181. The van der Waals surface area contributed by atoms with Crippen LogP contribution in [-0.2, 0) is 18.5 Å². The van der Waals surface area contributed by atoms with Gasteiger partial charge in [-0.2, -0.15) is 13.2 Å². The zero-order valence-corrected chi connectivity index (χ0v) is 16.4. The van der Waals surface area contributed by atoms with Gasteiger partial charge in [-0.1, -0.05) is 30.0 Å². The number of rotatable bonds is 7. The molecule has 0 radical (unpaired) electrons. The van der Waals surface area contributed by atoms with Crippen molar-refractivity contribution in [1.82, 2.24) is 19.7 Å². The maximum atomic E-state index is 12.7. The summed E-state index contributed by atoms with van der Waals surface area (Å²) < 4.78 is 40.2. The summed E-state index contributed by atoms with van der Waals surface area (Å²) in [5.41, 5.74) is 0.891. The Bertz CT molecular complexity index is 972. The number of halogens is 3. The van der Waals surface area contributed by atoms with E-state index < -0.39 is 11.7 Å². The van der Waals surface area contributed by atoms with E-state index in [-0.39, 0.29) is 0 Å². The summed E-state index contributed by atoms with van der Waals surface area (Å²) in [5.74, 6) is 2.15. The number of allylic oxidation sites excluding steroid dienone is 1. The van der Waals surface area contributed by atoms with Crippen molar-refractivity contribution in [1.29, 1.82) is 0 Å². The number of thiazole rings is 1. The van der Waals surface area contributed by atoms with Crippen LogP contribution in [0.15, 0.2) is 47.5 Å². The average Bonchev–Trinajstić information content (AvgIpc) is 3.26. The highest BCUT2D eigenvalue weighted by molar-refractivity contribution is 7.98. The fraction of sp³-hybridized carbons (Fsp3) is 0.316. The zero-order valence-electron chi connectivity index (χ0n) is 14.8. The Labute approximate surface area is 168 Å².